The van der Waals surface area contributed by atoms with Crippen molar-refractivity contribution in [3.63, 3.8) is 0 Å². The quantitative estimate of drug-likeness (QED) is 0.734. The highest BCUT2D eigenvalue weighted by Gasteiger charge is 2.07. The van der Waals surface area contributed by atoms with Gasteiger partial charge in [0.1, 0.15) is 0 Å². The van der Waals surface area contributed by atoms with Crippen LogP contribution in [0.2, 0.25) is 0 Å². The number of rotatable bonds is 3. The minimum Gasteiger partial charge on any atom is -0.249 e. The van der Waals surface area contributed by atoms with Gasteiger partial charge < -0.3 is 0 Å². The van der Waals surface area contributed by atoms with Crippen LogP contribution in [-0.2, 0) is 0 Å². The Morgan fingerprint density at radius 1 is 1.19 bits per heavy atom. The zero-order valence-corrected chi connectivity index (χ0v) is 11.4. The molecular formula is C13H15NS2. The van der Waals surface area contributed by atoms with Crippen molar-refractivity contribution in [2.45, 2.75) is 24.7 Å². The van der Waals surface area contributed by atoms with Gasteiger partial charge in [0.2, 0.25) is 0 Å². The summed E-state index contributed by atoms with van der Waals surface area (Å²) in [6, 6.07) is 8.66. The Labute approximate surface area is 105 Å². The number of thioether (sulfide) groups is 1. The van der Waals surface area contributed by atoms with Crippen LogP contribution in [0, 0.1) is 0 Å². The summed E-state index contributed by atoms with van der Waals surface area (Å²) in [7, 11) is 0. The topological polar surface area (TPSA) is 12.9 Å². The maximum atomic E-state index is 4.45. The SMILES string of the molecule is CSc1ccc(-c2cnc(C(C)C)s2)cc1. The van der Waals surface area contributed by atoms with Crippen molar-refractivity contribution in [1.29, 1.82) is 0 Å². The van der Waals surface area contributed by atoms with Gasteiger partial charge in [0, 0.05) is 17.0 Å². The molecule has 0 N–H and O–H groups in total. The number of nitrogens with zero attached hydrogens (tertiary/aromatic N) is 1. The Morgan fingerprint density at radius 3 is 2.38 bits per heavy atom. The van der Waals surface area contributed by atoms with E-state index in [1.54, 1.807) is 23.1 Å². The molecule has 0 unspecified atom stereocenters. The molecule has 0 spiro atoms. The minimum atomic E-state index is 0.518. The standard InChI is InChI=1S/C13H15NS2/c1-9(2)13-14-8-12(16-13)10-4-6-11(15-3)7-5-10/h4-9H,1-3H3. The summed E-state index contributed by atoms with van der Waals surface area (Å²) in [5.74, 6) is 0.518. The number of hydrogen-bond acceptors (Lipinski definition) is 3. The van der Waals surface area contributed by atoms with Gasteiger partial charge in [-0.3, -0.25) is 0 Å². The van der Waals surface area contributed by atoms with Crippen molar-refractivity contribution < 1.29 is 0 Å². The molecular weight excluding hydrogens is 234 g/mol. The number of hydrogen-bond donors (Lipinski definition) is 0. The molecule has 0 radical (unpaired) electrons. The summed E-state index contributed by atoms with van der Waals surface area (Å²) in [5.41, 5.74) is 1.27. The van der Waals surface area contributed by atoms with Crippen LogP contribution < -0.4 is 0 Å². The summed E-state index contributed by atoms with van der Waals surface area (Å²) in [6.45, 7) is 4.36. The Balaban J connectivity index is 2.28. The van der Waals surface area contributed by atoms with E-state index in [9.17, 15) is 0 Å². The van der Waals surface area contributed by atoms with Crippen LogP contribution in [0.3, 0.4) is 0 Å². The van der Waals surface area contributed by atoms with Crippen molar-refractivity contribution in [2.75, 3.05) is 6.26 Å². The molecule has 84 valence electrons. The van der Waals surface area contributed by atoms with Crippen LogP contribution in [0.15, 0.2) is 35.4 Å². The van der Waals surface area contributed by atoms with Crippen LogP contribution in [0.4, 0.5) is 0 Å². The molecule has 1 heterocycles. The molecule has 0 atom stereocenters. The van der Waals surface area contributed by atoms with E-state index in [2.05, 4.69) is 49.4 Å². The first-order chi connectivity index (χ1) is 7.70. The summed E-state index contributed by atoms with van der Waals surface area (Å²) in [5, 5.41) is 1.21. The molecule has 0 aliphatic carbocycles. The fourth-order valence-electron chi connectivity index (χ4n) is 1.44. The number of aromatic nitrogens is 1. The monoisotopic (exact) mass is 249 g/mol. The van der Waals surface area contributed by atoms with Crippen LogP contribution in [0.25, 0.3) is 10.4 Å². The van der Waals surface area contributed by atoms with E-state index in [0.29, 0.717) is 5.92 Å². The van der Waals surface area contributed by atoms with E-state index in [1.807, 2.05) is 6.20 Å². The van der Waals surface area contributed by atoms with E-state index in [0.717, 1.165) is 0 Å². The van der Waals surface area contributed by atoms with Gasteiger partial charge in [0.05, 0.1) is 9.88 Å². The Hall–Kier alpha value is -0.800. The molecule has 0 amide bonds. The van der Waals surface area contributed by atoms with Crippen molar-refractivity contribution in [3.8, 4) is 10.4 Å². The second kappa shape index (κ2) is 5.02. The van der Waals surface area contributed by atoms with Gasteiger partial charge in [-0.15, -0.1) is 23.1 Å². The molecule has 0 saturated heterocycles. The number of benzene rings is 1. The third-order valence-corrected chi connectivity index (χ3v) is 4.48. The zero-order valence-electron chi connectivity index (χ0n) is 9.73. The predicted octanol–water partition coefficient (Wildman–Crippen LogP) is 4.66. The van der Waals surface area contributed by atoms with Crippen LogP contribution >= 0.6 is 23.1 Å². The molecule has 2 rings (SSSR count). The highest BCUT2D eigenvalue weighted by atomic mass is 32.2. The second-order valence-electron chi connectivity index (χ2n) is 3.95. The van der Waals surface area contributed by atoms with Crippen molar-refractivity contribution in [1.82, 2.24) is 4.98 Å². The fourth-order valence-corrected chi connectivity index (χ4v) is 2.78. The van der Waals surface area contributed by atoms with Crippen LogP contribution in [0.1, 0.15) is 24.8 Å². The highest BCUT2D eigenvalue weighted by Crippen LogP contribution is 2.30. The van der Waals surface area contributed by atoms with Gasteiger partial charge in [0.25, 0.3) is 0 Å². The lowest BCUT2D eigenvalue weighted by Gasteiger charge is -1.99. The smallest absolute Gasteiger partial charge is 0.0956 e. The molecule has 0 fully saturated rings. The predicted molar refractivity (Wildman–Crippen MR) is 73.4 cm³/mol. The van der Waals surface area contributed by atoms with Crippen LogP contribution in [0.5, 0.6) is 0 Å². The van der Waals surface area contributed by atoms with Gasteiger partial charge in [-0.2, -0.15) is 0 Å². The summed E-state index contributed by atoms with van der Waals surface area (Å²) < 4.78 is 0. The lowest BCUT2D eigenvalue weighted by molar-refractivity contribution is 0.852. The number of thiazole rings is 1. The first kappa shape index (κ1) is 11.7. The molecule has 0 bridgehead atoms. The lowest BCUT2D eigenvalue weighted by Crippen LogP contribution is -1.81. The molecule has 3 heteroatoms. The molecule has 0 saturated carbocycles. The molecule has 0 aliphatic heterocycles. The second-order valence-corrected chi connectivity index (χ2v) is 5.89. The Morgan fingerprint density at radius 2 is 1.88 bits per heavy atom. The summed E-state index contributed by atoms with van der Waals surface area (Å²) >= 11 is 3.56. The summed E-state index contributed by atoms with van der Waals surface area (Å²) in [4.78, 5) is 7.01. The largest absolute Gasteiger partial charge is 0.249 e. The van der Waals surface area contributed by atoms with Gasteiger partial charge in [0.15, 0.2) is 0 Å². The van der Waals surface area contributed by atoms with Crippen molar-refractivity contribution >= 4 is 23.1 Å². The third kappa shape index (κ3) is 2.47. The van der Waals surface area contributed by atoms with E-state index < -0.39 is 0 Å². The Bertz CT molecular complexity index is 457. The molecule has 16 heavy (non-hydrogen) atoms. The average Bonchev–Trinajstić information content (AvgIpc) is 2.78. The fraction of sp³-hybridized carbons (Fsp3) is 0.308. The maximum absolute atomic E-state index is 4.45. The Kier molecular flexibility index (Phi) is 3.66. The van der Waals surface area contributed by atoms with E-state index in [1.165, 1.54) is 20.3 Å². The normalized spacial score (nSPS) is 11.0. The molecule has 1 aromatic carbocycles. The van der Waals surface area contributed by atoms with Gasteiger partial charge in [-0.25, -0.2) is 4.98 Å². The van der Waals surface area contributed by atoms with Gasteiger partial charge >= 0.3 is 0 Å². The van der Waals surface area contributed by atoms with E-state index in [-0.39, 0.29) is 0 Å². The first-order valence-corrected chi connectivity index (χ1v) is 7.35. The zero-order chi connectivity index (χ0) is 11.5. The molecule has 0 aliphatic rings. The summed E-state index contributed by atoms with van der Waals surface area (Å²) in [6.07, 6.45) is 4.08. The minimum absolute atomic E-state index is 0.518. The molecule has 1 nitrogen and oxygen atoms in total. The lowest BCUT2D eigenvalue weighted by atomic mass is 10.2. The highest BCUT2D eigenvalue weighted by molar-refractivity contribution is 7.98. The third-order valence-electron chi connectivity index (χ3n) is 2.39. The van der Waals surface area contributed by atoms with Gasteiger partial charge in [-0.1, -0.05) is 26.0 Å². The van der Waals surface area contributed by atoms with E-state index >= 15 is 0 Å². The molecule has 2 aromatic rings. The van der Waals surface area contributed by atoms with Gasteiger partial charge in [-0.05, 0) is 24.0 Å². The maximum Gasteiger partial charge on any atom is 0.0956 e. The van der Waals surface area contributed by atoms with Crippen molar-refractivity contribution in [3.05, 3.63) is 35.5 Å². The van der Waals surface area contributed by atoms with Crippen LogP contribution in [-0.4, -0.2) is 11.2 Å². The first-order valence-electron chi connectivity index (χ1n) is 5.31. The average molecular weight is 249 g/mol. The van der Waals surface area contributed by atoms with Crippen molar-refractivity contribution in [2.24, 2.45) is 0 Å². The molecule has 1 aromatic heterocycles. The van der Waals surface area contributed by atoms with E-state index in [4.69, 9.17) is 0 Å².